The number of rotatable bonds is 4. The number of hydrogen-bond acceptors (Lipinski definition) is 5. The van der Waals surface area contributed by atoms with Crippen molar-refractivity contribution in [2.24, 2.45) is 0 Å². The van der Waals surface area contributed by atoms with Crippen LogP contribution in [0.15, 0.2) is 24.3 Å². The lowest BCUT2D eigenvalue weighted by molar-refractivity contribution is -0.128. The lowest BCUT2D eigenvalue weighted by Gasteiger charge is -2.37. The molecule has 0 spiro atoms. The van der Waals surface area contributed by atoms with E-state index in [1.807, 2.05) is 34.1 Å². The van der Waals surface area contributed by atoms with E-state index >= 15 is 0 Å². The Morgan fingerprint density at radius 1 is 1.11 bits per heavy atom. The van der Waals surface area contributed by atoms with Gasteiger partial charge in [0.1, 0.15) is 0 Å². The van der Waals surface area contributed by atoms with Gasteiger partial charge in [-0.15, -0.1) is 0 Å². The summed E-state index contributed by atoms with van der Waals surface area (Å²) in [6.45, 7) is 4.01. The molecule has 0 aromatic heterocycles. The molecule has 2 amide bonds. The van der Waals surface area contributed by atoms with Crippen LogP contribution in [0.1, 0.15) is 35.2 Å². The highest BCUT2D eigenvalue weighted by molar-refractivity contribution is 7.91. The van der Waals surface area contributed by atoms with Crippen molar-refractivity contribution in [3.05, 3.63) is 35.4 Å². The molecule has 8 heteroatoms. The Hall–Kier alpha value is -1.93. The molecule has 1 unspecified atom stereocenters. The number of likely N-dealkylation sites (tertiary alicyclic amines) is 1. The molecule has 4 rings (SSSR count). The number of hydrogen-bond donors (Lipinski definition) is 0. The van der Waals surface area contributed by atoms with Crippen LogP contribution in [0.3, 0.4) is 0 Å². The molecule has 3 aliphatic rings. The van der Waals surface area contributed by atoms with Gasteiger partial charge in [0.15, 0.2) is 9.84 Å². The van der Waals surface area contributed by atoms with E-state index in [0.29, 0.717) is 51.1 Å². The van der Waals surface area contributed by atoms with E-state index in [2.05, 4.69) is 4.90 Å². The van der Waals surface area contributed by atoms with Gasteiger partial charge in [-0.2, -0.15) is 0 Å². The van der Waals surface area contributed by atoms with E-state index < -0.39 is 9.84 Å². The monoisotopic (exact) mass is 405 g/mol. The topological polar surface area (TPSA) is 78.0 Å². The number of carbonyl (C=O) groups is 2. The van der Waals surface area contributed by atoms with Crippen molar-refractivity contribution in [2.75, 3.05) is 44.2 Å². The Kier molecular flexibility index (Phi) is 5.42. The first kappa shape index (κ1) is 19.4. The van der Waals surface area contributed by atoms with Crippen molar-refractivity contribution >= 4 is 21.7 Å². The molecule has 0 saturated carbocycles. The van der Waals surface area contributed by atoms with E-state index in [4.69, 9.17) is 0 Å². The molecule has 3 heterocycles. The van der Waals surface area contributed by atoms with Crippen molar-refractivity contribution in [3.8, 4) is 0 Å². The minimum atomic E-state index is -2.89. The minimum Gasteiger partial charge on any atom is -0.338 e. The summed E-state index contributed by atoms with van der Waals surface area (Å²) in [5, 5.41) is 0. The number of piperazine rings is 1. The third-order valence-corrected chi connectivity index (χ3v) is 7.80. The van der Waals surface area contributed by atoms with Gasteiger partial charge in [-0.05, 0) is 30.5 Å². The normalized spacial score (nSPS) is 25.4. The van der Waals surface area contributed by atoms with Gasteiger partial charge in [0.25, 0.3) is 5.91 Å². The van der Waals surface area contributed by atoms with Gasteiger partial charge in [0.05, 0.1) is 11.5 Å². The van der Waals surface area contributed by atoms with Crippen molar-refractivity contribution in [1.29, 1.82) is 0 Å². The van der Waals surface area contributed by atoms with Gasteiger partial charge in [0.2, 0.25) is 5.91 Å². The molecule has 1 aromatic carbocycles. The minimum absolute atomic E-state index is 0.00768. The second kappa shape index (κ2) is 7.83. The average molecular weight is 406 g/mol. The van der Waals surface area contributed by atoms with Crippen LogP contribution >= 0.6 is 0 Å². The van der Waals surface area contributed by atoms with Gasteiger partial charge < -0.3 is 9.80 Å². The highest BCUT2D eigenvalue weighted by Gasteiger charge is 2.34. The maximum atomic E-state index is 12.9. The molecule has 3 fully saturated rings. The van der Waals surface area contributed by atoms with Crippen LogP contribution in [-0.4, -0.2) is 85.2 Å². The maximum Gasteiger partial charge on any atom is 0.253 e. The van der Waals surface area contributed by atoms with Gasteiger partial charge in [-0.1, -0.05) is 12.1 Å². The summed E-state index contributed by atoms with van der Waals surface area (Å²) < 4.78 is 23.4. The van der Waals surface area contributed by atoms with Crippen LogP contribution in [0.5, 0.6) is 0 Å². The van der Waals surface area contributed by atoms with Crippen LogP contribution in [-0.2, 0) is 21.2 Å². The lowest BCUT2D eigenvalue weighted by Crippen LogP contribution is -2.52. The number of benzene rings is 1. The van der Waals surface area contributed by atoms with E-state index in [-0.39, 0.29) is 29.4 Å². The first-order valence-corrected chi connectivity index (χ1v) is 11.8. The predicted octanol–water partition coefficient (Wildman–Crippen LogP) is 0.754. The Balaban J connectivity index is 1.35. The van der Waals surface area contributed by atoms with Crippen molar-refractivity contribution in [3.63, 3.8) is 0 Å². The molecule has 1 aromatic rings. The lowest BCUT2D eigenvalue weighted by atomic mass is 10.1. The Bertz CT molecular complexity index is 862. The number of nitrogens with zero attached hydrogens (tertiary/aromatic N) is 3. The summed E-state index contributed by atoms with van der Waals surface area (Å²) in [4.78, 5) is 30.7. The largest absolute Gasteiger partial charge is 0.338 e. The molecule has 3 saturated heterocycles. The SMILES string of the molecule is O=C1CCCN1Cc1cccc(C(=O)N2CCN(C3CCS(=O)(=O)C3)CC2)c1. The van der Waals surface area contributed by atoms with Crippen molar-refractivity contribution in [1.82, 2.24) is 14.7 Å². The van der Waals surface area contributed by atoms with Crippen LogP contribution < -0.4 is 0 Å². The fourth-order valence-electron chi connectivity index (χ4n) is 4.43. The first-order valence-electron chi connectivity index (χ1n) is 10.0. The fraction of sp³-hybridized carbons (Fsp3) is 0.600. The van der Waals surface area contributed by atoms with Gasteiger partial charge in [-0.3, -0.25) is 14.5 Å². The number of sulfone groups is 1. The summed E-state index contributed by atoms with van der Waals surface area (Å²) in [5.41, 5.74) is 1.64. The molecule has 0 radical (unpaired) electrons. The highest BCUT2D eigenvalue weighted by Crippen LogP contribution is 2.20. The average Bonchev–Trinajstić information content (AvgIpc) is 3.26. The summed E-state index contributed by atoms with van der Waals surface area (Å²) in [6, 6.07) is 7.66. The second-order valence-corrected chi connectivity index (χ2v) is 10.2. The van der Waals surface area contributed by atoms with Gasteiger partial charge in [0, 0.05) is 57.3 Å². The standard InChI is InChI=1S/C20H27N3O4S/c24-19-5-2-7-23(19)14-16-3-1-4-17(13-16)20(25)22-10-8-21(9-11-22)18-6-12-28(26,27)15-18/h1,3-4,13,18H,2,5-12,14-15H2. The molecule has 7 nitrogen and oxygen atoms in total. The Labute approximate surface area is 166 Å². The molecule has 1 atom stereocenters. The number of amides is 2. The molecular weight excluding hydrogens is 378 g/mol. The van der Waals surface area contributed by atoms with E-state index in [1.165, 1.54) is 0 Å². The molecule has 3 aliphatic heterocycles. The second-order valence-electron chi connectivity index (χ2n) is 8.00. The predicted molar refractivity (Wildman–Crippen MR) is 106 cm³/mol. The van der Waals surface area contributed by atoms with Crippen LogP contribution in [0.2, 0.25) is 0 Å². The van der Waals surface area contributed by atoms with Crippen LogP contribution in [0, 0.1) is 0 Å². The maximum absolute atomic E-state index is 12.9. The van der Waals surface area contributed by atoms with Crippen LogP contribution in [0.25, 0.3) is 0 Å². The van der Waals surface area contributed by atoms with E-state index in [1.54, 1.807) is 0 Å². The van der Waals surface area contributed by atoms with Crippen molar-refractivity contribution in [2.45, 2.75) is 31.8 Å². The zero-order valence-corrected chi connectivity index (χ0v) is 16.9. The quantitative estimate of drug-likeness (QED) is 0.739. The van der Waals surface area contributed by atoms with Gasteiger partial charge >= 0.3 is 0 Å². The molecule has 152 valence electrons. The highest BCUT2D eigenvalue weighted by atomic mass is 32.2. The Morgan fingerprint density at radius 3 is 2.54 bits per heavy atom. The zero-order chi connectivity index (χ0) is 19.7. The smallest absolute Gasteiger partial charge is 0.253 e. The summed E-state index contributed by atoms with van der Waals surface area (Å²) in [5.74, 6) is 0.719. The molecule has 0 bridgehead atoms. The first-order chi connectivity index (χ1) is 13.4. The number of carbonyl (C=O) groups excluding carboxylic acids is 2. The van der Waals surface area contributed by atoms with E-state index in [0.717, 1.165) is 18.5 Å². The zero-order valence-electron chi connectivity index (χ0n) is 16.0. The van der Waals surface area contributed by atoms with E-state index in [9.17, 15) is 18.0 Å². The third kappa shape index (κ3) is 4.22. The summed E-state index contributed by atoms with van der Waals surface area (Å²) >= 11 is 0. The Morgan fingerprint density at radius 2 is 1.89 bits per heavy atom. The molecular formula is C20H27N3O4S. The fourth-order valence-corrected chi connectivity index (χ4v) is 6.19. The molecule has 0 N–H and O–H groups in total. The molecule has 0 aliphatic carbocycles. The van der Waals surface area contributed by atoms with Crippen molar-refractivity contribution < 1.29 is 18.0 Å². The summed E-state index contributed by atoms with van der Waals surface area (Å²) in [7, 11) is -2.89. The third-order valence-electron chi connectivity index (χ3n) is 6.05. The summed E-state index contributed by atoms with van der Waals surface area (Å²) in [6.07, 6.45) is 2.22. The van der Waals surface area contributed by atoms with Crippen LogP contribution in [0.4, 0.5) is 0 Å². The molecule has 28 heavy (non-hydrogen) atoms. The van der Waals surface area contributed by atoms with Gasteiger partial charge in [-0.25, -0.2) is 8.42 Å².